The highest BCUT2D eigenvalue weighted by Gasteiger charge is 2.20. The summed E-state index contributed by atoms with van der Waals surface area (Å²) in [6, 6.07) is 18.3. The second-order valence-electron chi connectivity index (χ2n) is 6.72. The van der Waals surface area contributed by atoms with Crippen molar-refractivity contribution in [1.29, 1.82) is 0 Å². The Hall–Kier alpha value is -2.95. The van der Waals surface area contributed by atoms with Gasteiger partial charge in [0, 0.05) is 21.7 Å². The molecule has 0 aliphatic rings. The van der Waals surface area contributed by atoms with Gasteiger partial charge in [0.25, 0.3) is 5.91 Å². The zero-order valence-electron chi connectivity index (χ0n) is 15.8. The number of hydrogen-bond donors (Lipinski definition) is 1. The van der Waals surface area contributed by atoms with Gasteiger partial charge in [-0.25, -0.2) is 9.97 Å². The van der Waals surface area contributed by atoms with E-state index in [1.807, 2.05) is 56.3 Å². The number of carbonyl (C=O) groups excluding carboxylic acids is 1. The fourth-order valence-corrected chi connectivity index (χ4v) is 3.83. The maximum atomic E-state index is 13.2. The molecule has 4 rings (SSSR count). The first-order valence-electron chi connectivity index (χ1n) is 9.04. The zero-order valence-corrected chi connectivity index (χ0v) is 17.3. The molecule has 2 heterocycles. The van der Waals surface area contributed by atoms with Gasteiger partial charge in [-0.3, -0.25) is 4.79 Å². The first kappa shape index (κ1) is 19.4. The first-order chi connectivity index (χ1) is 13.9. The van der Waals surface area contributed by atoms with Gasteiger partial charge in [0.15, 0.2) is 0 Å². The molecule has 0 atom stereocenters. The summed E-state index contributed by atoms with van der Waals surface area (Å²) in [5, 5.41) is 4.69. The lowest BCUT2D eigenvalue weighted by Gasteiger charge is -2.15. The number of hydrogen-bond acceptors (Lipinski definition) is 3. The summed E-state index contributed by atoms with van der Waals surface area (Å²) >= 11 is 12.5. The van der Waals surface area contributed by atoms with Crippen LogP contribution in [0.15, 0.2) is 60.7 Å². The van der Waals surface area contributed by atoms with Crippen molar-refractivity contribution in [3.63, 3.8) is 0 Å². The quantitative estimate of drug-likeness (QED) is 0.412. The van der Waals surface area contributed by atoms with Crippen LogP contribution in [0.3, 0.4) is 0 Å². The molecule has 2 aromatic heterocycles. The fraction of sp³-hybridized carbons (Fsp3) is 0.0870. The molecule has 1 N–H and O–H groups in total. The van der Waals surface area contributed by atoms with Crippen molar-refractivity contribution in [2.24, 2.45) is 0 Å². The molecule has 0 saturated carbocycles. The van der Waals surface area contributed by atoms with Crippen LogP contribution in [0.4, 0.5) is 5.82 Å². The summed E-state index contributed by atoms with van der Waals surface area (Å²) in [4.78, 5) is 22.4. The van der Waals surface area contributed by atoms with Gasteiger partial charge in [-0.15, -0.1) is 0 Å². The number of benzene rings is 2. The van der Waals surface area contributed by atoms with E-state index in [-0.39, 0.29) is 5.91 Å². The van der Waals surface area contributed by atoms with Crippen molar-refractivity contribution >= 4 is 45.8 Å². The molecule has 2 aromatic carbocycles. The fourth-order valence-electron chi connectivity index (χ4n) is 3.34. The third-order valence-electron chi connectivity index (χ3n) is 4.68. The van der Waals surface area contributed by atoms with Gasteiger partial charge in [0.2, 0.25) is 0 Å². The van der Waals surface area contributed by atoms with Crippen molar-refractivity contribution in [3.05, 3.63) is 87.5 Å². The molecular weight excluding hydrogens is 405 g/mol. The Morgan fingerprint density at radius 1 is 0.931 bits per heavy atom. The lowest BCUT2D eigenvalue weighted by molar-refractivity contribution is 0.102. The van der Waals surface area contributed by atoms with Gasteiger partial charge in [-0.1, -0.05) is 47.5 Å². The third kappa shape index (κ3) is 3.82. The number of aromatic nitrogens is 2. The highest BCUT2D eigenvalue weighted by molar-refractivity contribution is 6.36. The second kappa shape index (κ2) is 7.82. The van der Waals surface area contributed by atoms with Crippen molar-refractivity contribution in [2.75, 3.05) is 5.32 Å². The van der Waals surface area contributed by atoms with E-state index in [2.05, 4.69) is 10.3 Å². The molecule has 0 radical (unpaired) electrons. The van der Waals surface area contributed by atoms with Crippen LogP contribution >= 0.6 is 23.2 Å². The molecule has 4 aromatic rings. The van der Waals surface area contributed by atoms with Crippen LogP contribution in [-0.2, 0) is 0 Å². The van der Waals surface area contributed by atoms with E-state index in [4.69, 9.17) is 28.2 Å². The maximum absolute atomic E-state index is 13.2. The minimum atomic E-state index is -0.245. The van der Waals surface area contributed by atoms with Crippen molar-refractivity contribution in [2.45, 2.75) is 13.8 Å². The largest absolute Gasteiger partial charge is 0.307 e. The number of pyridine rings is 2. The molecular formula is C23H17Cl2N3O. The van der Waals surface area contributed by atoms with Gasteiger partial charge in [-0.05, 0) is 55.8 Å². The average Bonchev–Trinajstić information content (AvgIpc) is 2.68. The first-order valence-corrected chi connectivity index (χ1v) is 9.79. The molecule has 0 spiro atoms. The minimum absolute atomic E-state index is 0.245. The van der Waals surface area contributed by atoms with Crippen LogP contribution in [0, 0.1) is 13.8 Å². The predicted molar refractivity (Wildman–Crippen MR) is 119 cm³/mol. The van der Waals surface area contributed by atoms with E-state index >= 15 is 0 Å². The maximum Gasteiger partial charge on any atom is 0.257 e. The van der Waals surface area contributed by atoms with E-state index in [0.29, 0.717) is 32.6 Å². The number of fused-ring (bicyclic) bond motifs is 1. The Morgan fingerprint density at radius 3 is 2.48 bits per heavy atom. The van der Waals surface area contributed by atoms with Crippen molar-refractivity contribution in [1.82, 2.24) is 9.97 Å². The molecule has 0 unspecified atom stereocenters. The summed E-state index contributed by atoms with van der Waals surface area (Å²) in [5.41, 5.74) is 4.18. The molecule has 0 aliphatic heterocycles. The molecule has 0 bridgehead atoms. The zero-order chi connectivity index (χ0) is 20.5. The van der Waals surface area contributed by atoms with E-state index in [9.17, 15) is 4.79 Å². The number of halogens is 2. The van der Waals surface area contributed by atoms with E-state index in [0.717, 1.165) is 22.2 Å². The number of nitrogens with zero attached hydrogens (tertiary/aromatic N) is 2. The summed E-state index contributed by atoms with van der Waals surface area (Å²) in [5.74, 6) is 0.256. The van der Waals surface area contributed by atoms with Gasteiger partial charge >= 0.3 is 0 Å². The van der Waals surface area contributed by atoms with Gasteiger partial charge in [0.05, 0.1) is 21.8 Å². The number of amides is 1. The summed E-state index contributed by atoms with van der Waals surface area (Å²) < 4.78 is 0. The Bertz CT molecular complexity index is 1250. The van der Waals surface area contributed by atoms with E-state index in [1.165, 1.54) is 0 Å². The molecule has 0 fully saturated rings. The van der Waals surface area contributed by atoms with E-state index < -0.39 is 0 Å². The number of anilines is 1. The second-order valence-corrected chi connectivity index (χ2v) is 7.56. The number of rotatable bonds is 3. The van der Waals surface area contributed by atoms with Crippen LogP contribution in [0.2, 0.25) is 10.0 Å². The number of para-hydroxylation sites is 1. The summed E-state index contributed by atoms with van der Waals surface area (Å²) in [7, 11) is 0. The average molecular weight is 422 g/mol. The SMILES string of the molecule is Cc1cccc(NC(=O)c2c(C)c(-c3ccc(Cl)cc3Cl)nc3ccccc23)n1. The topological polar surface area (TPSA) is 54.9 Å². The van der Waals surface area contributed by atoms with Crippen LogP contribution in [-0.4, -0.2) is 15.9 Å². The highest BCUT2D eigenvalue weighted by Crippen LogP contribution is 2.35. The molecule has 0 saturated heterocycles. The van der Waals surface area contributed by atoms with Crippen LogP contribution in [0.5, 0.6) is 0 Å². The smallest absolute Gasteiger partial charge is 0.257 e. The van der Waals surface area contributed by atoms with Gasteiger partial charge < -0.3 is 5.32 Å². The Balaban J connectivity index is 1.90. The minimum Gasteiger partial charge on any atom is -0.307 e. The van der Waals surface area contributed by atoms with Gasteiger partial charge in [0.1, 0.15) is 5.82 Å². The Labute approximate surface area is 178 Å². The lowest BCUT2D eigenvalue weighted by Crippen LogP contribution is -2.16. The summed E-state index contributed by atoms with van der Waals surface area (Å²) in [6.45, 7) is 3.75. The molecule has 1 amide bonds. The predicted octanol–water partition coefficient (Wildman–Crippen LogP) is 6.47. The molecule has 0 aliphatic carbocycles. The van der Waals surface area contributed by atoms with Gasteiger partial charge in [-0.2, -0.15) is 0 Å². The number of nitrogens with one attached hydrogen (secondary N) is 1. The highest BCUT2D eigenvalue weighted by atomic mass is 35.5. The van der Waals surface area contributed by atoms with Crippen molar-refractivity contribution in [3.8, 4) is 11.3 Å². The monoisotopic (exact) mass is 421 g/mol. The van der Waals surface area contributed by atoms with Crippen molar-refractivity contribution < 1.29 is 4.79 Å². The third-order valence-corrected chi connectivity index (χ3v) is 5.23. The number of carbonyl (C=O) groups is 1. The molecule has 144 valence electrons. The van der Waals surface area contributed by atoms with Crippen LogP contribution in [0.25, 0.3) is 22.2 Å². The Kier molecular flexibility index (Phi) is 5.22. The van der Waals surface area contributed by atoms with Crippen LogP contribution in [0.1, 0.15) is 21.6 Å². The van der Waals surface area contributed by atoms with E-state index in [1.54, 1.807) is 18.2 Å². The molecule has 4 nitrogen and oxygen atoms in total. The lowest BCUT2D eigenvalue weighted by atomic mass is 9.97. The van der Waals surface area contributed by atoms with Crippen LogP contribution < -0.4 is 5.32 Å². The number of aryl methyl sites for hydroxylation is 1. The molecule has 6 heteroatoms. The molecule has 29 heavy (non-hydrogen) atoms. The standard InChI is InChI=1S/C23H17Cl2N3O/c1-13-6-5-9-20(26-13)28-23(29)21-14(2)22(16-11-10-15(24)12-18(16)25)27-19-8-4-3-7-17(19)21/h3-12H,1-2H3,(H,26,28,29). The summed E-state index contributed by atoms with van der Waals surface area (Å²) in [6.07, 6.45) is 0. The normalized spacial score (nSPS) is 10.9. The Morgan fingerprint density at radius 2 is 1.72 bits per heavy atom.